The van der Waals surface area contributed by atoms with E-state index in [0.717, 1.165) is 27.7 Å². The van der Waals surface area contributed by atoms with Gasteiger partial charge in [-0.15, -0.1) is 11.3 Å². The predicted octanol–water partition coefficient (Wildman–Crippen LogP) is 5.54. The third-order valence-corrected chi connectivity index (χ3v) is 6.77. The Morgan fingerprint density at radius 3 is 2.63 bits per heavy atom. The van der Waals surface area contributed by atoms with Crippen LogP contribution in [0, 0.1) is 0 Å². The van der Waals surface area contributed by atoms with Crippen molar-refractivity contribution in [1.82, 2.24) is 14.5 Å². The van der Waals surface area contributed by atoms with Gasteiger partial charge in [-0.2, -0.15) is 4.99 Å². The number of amides is 1. The van der Waals surface area contributed by atoms with Gasteiger partial charge < -0.3 is 4.57 Å². The van der Waals surface area contributed by atoms with Crippen LogP contribution in [0.2, 0.25) is 0 Å². The monoisotopic (exact) mass is 430 g/mol. The zero-order valence-corrected chi connectivity index (χ0v) is 18.1. The Kier molecular flexibility index (Phi) is 4.77. The van der Waals surface area contributed by atoms with Gasteiger partial charge in [-0.1, -0.05) is 48.5 Å². The van der Waals surface area contributed by atoms with E-state index in [4.69, 9.17) is 0 Å². The molecule has 2 aromatic carbocycles. The number of fused-ring (bicyclic) bond motifs is 1. The Bertz CT molecular complexity index is 1320. The van der Waals surface area contributed by atoms with E-state index < -0.39 is 0 Å². The summed E-state index contributed by atoms with van der Waals surface area (Å²) in [6.45, 7) is 0. The fourth-order valence-corrected chi connectivity index (χ4v) is 5.13. The normalized spacial score (nSPS) is 17.0. The molecule has 1 fully saturated rings. The average molecular weight is 431 g/mol. The number of thioether (sulfide) groups is 1. The molecule has 0 saturated carbocycles. The van der Waals surface area contributed by atoms with E-state index in [9.17, 15) is 4.79 Å². The molecule has 0 unspecified atom stereocenters. The van der Waals surface area contributed by atoms with Gasteiger partial charge in [0.15, 0.2) is 5.17 Å². The topological polar surface area (TPSA) is 50.5 Å². The summed E-state index contributed by atoms with van der Waals surface area (Å²) in [4.78, 5) is 24.3. The van der Waals surface area contributed by atoms with E-state index in [1.165, 1.54) is 23.1 Å². The third kappa shape index (κ3) is 3.36. The molecule has 0 aliphatic carbocycles. The van der Waals surface area contributed by atoms with Gasteiger partial charge in [0.1, 0.15) is 0 Å². The molecular weight excluding hydrogens is 412 g/mol. The molecule has 3 heterocycles. The Labute approximate surface area is 182 Å². The van der Waals surface area contributed by atoms with Crippen LogP contribution in [-0.2, 0) is 11.8 Å². The average Bonchev–Trinajstić information content (AvgIpc) is 3.44. The molecule has 0 spiro atoms. The molecule has 1 aliphatic rings. The van der Waals surface area contributed by atoms with Gasteiger partial charge in [0.05, 0.1) is 10.6 Å². The van der Waals surface area contributed by atoms with Crippen molar-refractivity contribution in [2.45, 2.75) is 0 Å². The predicted molar refractivity (Wildman–Crippen MR) is 126 cm³/mol. The van der Waals surface area contributed by atoms with Gasteiger partial charge in [0.25, 0.3) is 5.91 Å². The quantitative estimate of drug-likeness (QED) is 0.401. The summed E-state index contributed by atoms with van der Waals surface area (Å²) < 4.78 is 2.07. The number of hydrogen-bond donors (Lipinski definition) is 0. The van der Waals surface area contributed by atoms with E-state index >= 15 is 0 Å². The van der Waals surface area contributed by atoms with Crippen LogP contribution >= 0.6 is 23.1 Å². The third-order valence-electron chi connectivity index (χ3n) is 4.97. The van der Waals surface area contributed by atoms with Gasteiger partial charge in [-0.3, -0.25) is 9.69 Å². The smallest absolute Gasteiger partial charge is 0.266 e. The second-order valence-corrected chi connectivity index (χ2v) is 8.81. The van der Waals surface area contributed by atoms with E-state index in [2.05, 4.69) is 26.7 Å². The molecule has 30 heavy (non-hydrogen) atoms. The molecule has 0 bridgehead atoms. The van der Waals surface area contributed by atoms with Crippen LogP contribution in [0.4, 0.5) is 5.13 Å². The van der Waals surface area contributed by atoms with Crippen molar-refractivity contribution in [3.8, 4) is 11.3 Å². The summed E-state index contributed by atoms with van der Waals surface area (Å²) in [5.74, 6) is -0.0495. The number of hydrogen-bond acceptors (Lipinski definition) is 5. The molecule has 1 aliphatic heterocycles. The Morgan fingerprint density at radius 1 is 1.03 bits per heavy atom. The number of aryl methyl sites for hydroxylation is 1. The summed E-state index contributed by atoms with van der Waals surface area (Å²) in [6.07, 6.45) is 4.00. The number of para-hydroxylation sites is 1. The fourth-order valence-electron chi connectivity index (χ4n) is 3.42. The first kappa shape index (κ1) is 18.8. The van der Waals surface area contributed by atoms with Crippen LogP contribution in [0.5, 0.6) is 0 Å². The molecule has 5 nitrogen and oxygen atoms in total. The molecule has 148 valence electrons. The van der Waals surface area contributed by atoms with E-state index in [-0.39, 0.29) is 5.91 Å². The first-order chi connectivity index (χ1) is 14.6. The minimum Gasteiger partial charge on any atom is -0.350 e. The molecule has 1 amide bonds. The summed E-state index contributed by atoms with van der Waals surface area (Å²) in [6, 6.07) is 18.2. The number of aromatic nitrogens is 2. The standard InChI is InChI=1S/C23H18N4OS2/c1-26-13-16(17-10-6-7-11-19(17)26)12-20-21(28)27(2)23(30-20)25-22-24-18(14-29-22)15-8-4-3-5-9-15/h3-14H,1-2H3/b20-12-,25-23+. The van der Waals surface area contributed by atoms with Crippen LogP contribution in [0.1, 0.15) is 5.56 Å². The lowest BCUT2D eigenvalue weighted by Gasteiger charge is -2.05. The number of rotatable bonds is 3. The van der Waals surface area contributed by atoms with Crippen molar-refractivity contribution >= 4 is 56.3 Å². The number of amidine groups is 1. The zero-order chi connectivity index (χ0) is 20.7. The van der Waals surface area contributed by atoms with Crippen molar-refractivity contribution in [2.75, 3.05) is 7.05 Å². The van der Waals surface area contributed by atoms with Crippen LogP contribution in [0.25, 0.3) is 28.2 Å². The van der Waals surface area contributed by atoms with Gasteiger partial charge in [-0.25, -0.2) is 4.98 Å². The first-order valence-electron chi connectivity index (χ1n) is 9.41. The molecule has 0 radical (unpaired) electrons. The second-order valence-electron chi connectivity index (χ2n) is 6.96. The lowest BCUT2D eigenvalue weighted by atomic mass is 10.1. The lowest BCUT2D eigenvalue weighted by Crippen LogP contribution is -2.23. The lowest BCUT2D eigenvalue weighted by molar-refractivity contribution is -0.121. The minimum atomic E-state index is -0.0495. The fraction of sp³-hybridized carbons (Fsp3) is 0.0870. The van der Waals surface area contributed by atoms with Crippen molar-refractivity contribution in [3.05, 3.63) is 76.6 Å². The summed E-state index contributed by atoms with van der Waals surface area (Å²) in [7, 11) is 3.77. The molecule has 5 rings (SSSR count). The van der Waals surface area contributed by atoms with Crippen molar-refractivity contribution in [2.24, 2.45) is 12.0 Å². The van der Waals surface area contributed by atoms with Crippen LogP contribution in [-0.4, -0.2) is 32.6 Å². The maximum atomic E-state index is 12.8. The maximum absolute atomic E-state index is 12.8. The SMILES string of the molecule is CN1C(=O)/C(=C/c2cn(C)c3ccccc23)S/C1=N/c1nc(-c2ccccc2)cs1. The zero-order valence-electron chi connectivity index (χ0n) is 16.4. The Morgan fingerprint density at radius 2 is 1.80 bits per heavy atom. The largest absolute Gasteiger partial charge is 0.350 e. The van der Waals surface area contributed by atoms with E-state index in [1.54, 1.807) is 11.9 Å². The Balaban J connectivity index is 1.46. The van der Waals surface area contributed by atoms with Crippen molar-refractivity contribution < 1.29 is 4.79 Å². The first-order valence-corrected chi connectivity index (χ1v) is 11.1. The highest BCUT2D eigenvalue weighted by Gasteiger charge is 2.31. The number of aliphatic imine (C=N–C) groups is 1. The minimum absolute atomic E-state index is 0.0495. The van der Waals surface area contributed by atoms with Gasteiger partial charge in [0.2, 0.25) is 5.13 Å². The van der Waals surface area contributed by atoms with E-state index in [0.29, 0.717) is 15.2 Å². The summed E-state index contributed by atoms with van der Waals surface area (Å²) in [5.41, 5.74) is 4.11. The summed E-state index contributed by atoms with van der Waals surface area (Å²) >= 11 is 2.86. The number of thiazole rings is 1. The Hall–Kier alpha value is -3.16. The van der Waals surface area contributed by atoms with Gasteiger partial charge in [0, 0.05) is 47.7 Å². The molecular formula is C23H18N4OS2. The molecule has 0 N–H and O–H groups in total. The van der Waals surface area contributed by atoms with Gasteiger partial charge >= 0.3 is 0 Å². The number of carbonyl (C=O) groups excluding carboxylic acids is 1. The number of nitrogens with zero attached hydrogens (tertiary/aromatic N) is 4. The molecule has 2 aromatic heterocycles. The van der Waals surface area contributed by atoms with Crippen LogP contribution in [0.3, 0.4) is 0 Å². The van der Waals surface area contributed by atoms with Crippen molar-refractivity contribution in [3.63, 3.8) is 0 Å². The highest BCUT2D eigenvalue weighted by Crippen LogP contribution is 2.36. The highest BCUT2D eigenvalue weighted by molar-refractivity contribution is 8.18. The molecule has 0 atom stereocenters. The molecule has 1 saturated heterocycles. The van der Waals surface area contributed by atoms with Crippen LogP contribution in [0.15, 0.2) is 76.1 Å². The van der Waals surface area contributed by atoms with Crippen LogP contribution < -0.4 is 0 Å². The van der Waals surface area contributed by atoms with Crippen molar-refractivity contribution in [1.29, 1.82) is 0 Å². The maximum Gasteiger partial charge on any atom is 0.266 e. The number of likely N-dealkylation sites (N-methyl/N-ethyl adjacent to an activating group) is 1. The summed E-state index contributed by atoms with van der Waals surface area (Å²) in [5, 5.41) is 4.40. The second kappa shape index (κ2) is 7.59. The number of benzene rings is 2. The molecule has 4 aromatic rings. The molecule has 7 heteroatoms. The van der Waals surface area contributed by atoms with E-state index in [1.807, 2.05) is 67.2 Å². The van der Waals surface area contributed by atoms with Gasteiger partial charge in [-0.05, 0) is 23.9 Å². The number of carbonyl (C=O) groups is 1. The highest BCUT2D eigenvalue weighted by atomic mass is 32.2.